The van der Waals surface area contributed by atoms with Crippen molar-refractivity contribution >= 4 is 27.7 Å². The third-order valence-corrected chi connectivity index (χ3v) is 6.87. The predicted octanol–water partition coefficient (Wildman–Crippen LogP) is 2.16. The van der Waals surface area contributed by atoms with Gasteiger partial charge in [-0.1, -0.05) is 17.0 Å². The van der Waals surface area contributed by atoms with Crippen LogP contribution in [0.4, 0.5) is 13.2 Å². The van der Waals surface area contributed by atoms with Crippen LogP contribution in [0.15, 0.2) is 40.1 Å². The molecule has 1 aliphatic heterocycles. The van der Waals surface area contributed by atoms with Crippen molar-refractivity contribution < 1.29 is 33.2 Å². The van der Waals surface area contributed by atoms with Crippen LogP contribution < -0.4 is 0 Å². The minimum atomic E-state index is -1.62. The third-order valence-electron chi connectivity index (χ3n) is 5.13. The van der Waals surface area contributed by atoms with Crippen LogP contribution in [0, 0.1) is 28.8 Å². The summed E-state index contributed by atoms with van der Waals surface area (Å²) in [7, 11) is 0. The lowest BCUT2D eigenvalue weighted by molar-refractivity contribution is -0.178. The number of nitriles is 1. The maximum Gasteiger partial charge on any atom is 0.194 e. The minimum absolute atomic E-state index is 0.0360. The van der Waals surface area contributed by atoms with Crippen LogP contribution in [0.2, 0.25) is 0 Å². The van der Waals surface area contributed by atoms with Gasteiger partial charge in [0.2, 0.25) is 0 Å². The van der Waals surface area contributed by atoms with Gasteiger partial charge in [-0.3, -0.25) is 0 Å². The Morgan fingerprint density at radius 3 is 2.50 bits per heavy atom. The molecule has 34 heavy (non-hydrogen) atoms. The largest absolute Gasteiger partial charge is 0.394 e. The summed E-state index contributed by atoms with van der Waals surface area (Å²) < 4.78 is 47.7. The summed E-state index contributed by atoms with van der Waals surface area (Å²) in [6, 6.07) is 3.83. The second kappa shape index (κ2) is 9.98. The molecule has 1 aromatic carbocycles. The van der Waals surface area contributed by atoms with Gasteiger partial charge < -0.3 is 20.1 Å². The van der Waals surface area contributed by atoms with Crippen molar-refractivity contribution in [3.8, 4) is 17.3 Å². The molecule has 0 radical (unpaired) electrons. The van der Waals surface area contributed by atoms with Gasteiger partial charge in [0.05, 0.1) is 23.4 Å². The first kappa shape index (κ1) is 24.6. The van der Waals surface area contributed by atoms with Gasteiger partial charge in [0.25, 0.3) is 0 Å². The average Bonchev–Trinajstić information content (AvgIpc) is 3.29. The molecule has 3 N–H and O–H groups in total. The summed E-state index contributed by atoms with van der Waals surface area (Å²) >= 11 is 4.24. The Morgan fingerprint density at radius 2 is 1.88 bits per heavy atom. The van der Waals surface area contributed by atoms with Crippen LogP contribution in [0.3, 0.4) is 0 Å². The van der Waals surface area contributed by atoms with E-state index in [1.807, 2.05) is 6.07 Å². The average molecular weight is 558 g/mol. The first-order valence-electron chi connectivity index (χ1n) is 9.65. The summed E-state index contributed by atoms with van der Waals surface area (Å²) in [6.45, 7) is -0.581. The van der Waals surface area contributed by atoms with E-state index in [0.29, 0.717) is 15.1 Å². The number of aliphatic hydroxyl groups excluding tert-OH is 3. The highest BCUT2D eigenvalue weighted by Gasteiger charge is 2.46. The fourth-order valence-corrected chi connectivity index (χ4v) is 5.01. The standard InChI is InChI=1S/C20H15BrF3N5O4S/c21-10-3-15(26-5-9(10)4-25)34-20-19(32)17(18(31)14(7-30)33-20)29-6-13(27-28-29)8-1-11(22)16(24)12(23)2-8/h1-3,5-6,14,17-20,30-32H,7H2/t14?,17-,18-,19?,20+/m0/s1. The number of hydrogen-bond donors (Lipinski definition) is 3. The molecule has 5 atom stereocenters. The van der Waals surface area contributed by atoms with Crippen molar-refractivity contribution in [2.45, 2.75) is 34.8 Å². The van der Waals surface area contributed by atoms with Gasteiger partial charge in [-0.15, -0.1) is 5.10 Å². The zero-order valence-corrected chi connectivity index (χ0v) is 19.3. The second-order valence-corrected chi connectivity index (χ2v) is 9.24. The zero-order valence-electron chi connectivity index (χ0n) is 16.9. The molecule has 0 amide bonds. The SMILES string of the molecule is N#Cc1cnc(S[C@H]2OC(CO)[C@H](O)[C@H](n3cc(-c4cc(F)c(F)c(F)c4)nn3)C2O)cc1Br. The van der Waals surface area contributed by atoms with Gasteiger partial charge in [-0.25, -0.2) is 22.8 Å². The Balaban J connectivity index is 1.63. The Morgan fingerprint density at radius 1 is 1.18 bits per heavy atom. The van der Waals surface area contributed by atoms with E-state index < -0.39 is 53.8 Å². The van der Waals surface area contributed by atoms with E-state index in [2.05, 4.69) is 31.2 Å². The number of halogens is 4. The van der Waals surface area contributed by atoms with Crippen LogP contribution in [0.25, 0.3) is 11.3 Å². The lowest BCUT2D eigenvalue weighted by Crippen LogP contribution is -2.55. The molecule has 1 saturated heterocycles. The van der Waals surface area contributed by atoms with Crippen LogP contribution >= 0.6 is 27.7 Å². The lowest BCUT2D eigenvalue weighted by atomic mass is 9.97. The molecule has 1 aliphatic rings. The molecule has 2 aromatic heterocycles. The van der Waals surface area contributed by atoms with E-state index >= 15 is 0 Å². The Kier molecular flexibility index (Phi) is 7.22. The van der Waals surface area contributed by atoms with Gasteiger partial charge in [-0.05, 0) is 34.1 Å². The van der Waals surface area contributed by atoms with E-state index in [1.54, 1.807) is 6.07 Å². The first-order valence-corrected chi connectivity index (χ1v) is 11.3. The van der Waals surface area contributed by atoms with Crippen LogP contribution in [-0.2, 0) is 4.74 Å². The molecule has 178 valence electrons. The van der Waals surface area contributed by atoms with Crippen molar-refractivity contribution in [3.63, 3.8) is 0 Å². The van der Waals surface area contributed by atoms with E-state index in [4.69, 9.17) is 10.00 Å². The number of pyridine rings is 1. The van der Waals surface area contributed by atoms with E-state index in [-0.39, 0.29) is 11.3 Å². The topological polar surface area (TPSA) is 137 Å². The number of rotatable bonds is 5. The highest BCUT2D eigenvalue weighted by atomic mass is 79.9. The Labute approximate surface area is 202 Å². The molecule has 1 fully saturated rings. The number of nitrogens with zero attached hydrogens (tertiary/aromatic N) is 5. The van der Waals surface area contributed by atoms with Crippen LogP contribution in [-0.4, -0.2) is 65.7 Å². The summed E-state index contributed by atoms with van der Waals surface area (Å²) in [6.07, 6.45) is -1.37. The van der Waals surface area contributed by atoms with E-state index in [0.717, 1.165) is 28.6 Å². The van der Waals surface area contributed by atoms with Crippen molar-refractivity contribution in [1.82, 2.24) is 20.0 Å². The fraction of sp³-hybridized carbons (Fsp3) is 0.300. The monoisotopic (exact) mass is 557 g/mol. The molecule has 0 aliphatic carbocycles. The maximum atomic E-state index is 13.6. The molecular formula is C20H15BrF3N5O4S. The highest BCUT2D eigenvalue weighted by Crippen LogP contribution is 2.38. The van der Waals surface area contributed by atoms with E-state index in [1.165, 1.54) is 12.4 Å². The Hall–Kier alpha value is -2.54. The lowest BCUT2D eigenvalue weighted by Gasteiger charge is -2.41. The number of benzene rings is 1. The van der Waals surface area contributed by atoms with Gasteiger partial charge in [0.15, 0.2) is 17.5 Å². The van der Waals surface area contributed by atoms with Crippen molar-refractivity contribution in [2.24, 2.45) is 0 Å². The number of thioether (sulfide) groups is 1. The van der Waals surface area contributed by atoms with Crippen molar-refractivity contribution in [3.05, 3.63) is 58.1 Å². The number of aromatic nitrogens is 4. The summed E-state index contributed by atoms with van der Waals surface area (Å²) in [5, 5.41) is 48.4. The first-order chi connectivity index (χ1) is 16.2. The summed E-state index contributed by atoms with van der Waals surface area (Å²) in [5.74, 6) is -4.44. The fourth-order valence-electron chi connectivity index (χ4n) is 3.41. The van der Waals surface area contributed by atoms with Crippen LogP contribution in [0.5, 0.6) is 0 Å². The molecule has 0 bridgehead atoms. The summed E-state index contributed by atoms with van der Waals surface area (Å²) in [5.41, 5.74) is -0.855. The van der Waals surface area contributed by atoms with Crippen molar-refractivity contribution in [2.75, 3.05) is 6.61 Å². The number of hydrogen-bond acceptors (Lipinski definition) is 9. The zero-order chi connectivity index (χ0) is 24.6. The quantitative estimate of drug-likeness (QED) is 0.403. The predicted molar refractivity (Wildman–Crippen MR) is 115 cm³/mol. The Bertz CT molecular complexity index is 1240. The maximum absolute atomic E-state index is 13.6. The van der Waals surface area contributed by atoms with Gasteiger partial charge >= 0.3 is 0 Å². The third kappa shape index (κ3) is 4.67. The molecule has 0 spiro atoms. The summed E-state index contributed by atoms with van der Waals surface area (Å²) in [4.78, 5) is 4.13. The molecule has 2 unspecified atom stereocenters. The van der Waals surface area contributed by atoms with Gasteiger partial charge in [0, 0.05) is 16.2 Å². The molecular weight excluding hydrogens is 543 g/mol. The van der Waals surface area contributed by atoms with Crippen LogP contribution in [0.1, 0.15) is 11.6 Å². The second-order valence-electron chi connectivity index (χ2n) is 7.27. The van der Waals surface area contributed by atoms with Gasteiger partial charge in [0.1, 0.15) is 41.6 Å². The van der Waals surface area contributed by atoms with E-state index in [9.17, 15) is 28.5 Å². The highest BCUT2D eigenvalue weighted by molar-refractivity contribution is 9.10. The molecule has 4 rings (SSSR count). The number of aliphatic hydroxyl groups is 3. The van der Waals surface area contributed by atoms with Crippen molar-refractivity contribution in [1.29, 1.82) is 5.26 Å². The molecule has 0 saturated carbocycles. The normalized spacial score (nSPS) is 24.7. The molecule has 3 heterocycles. The number of ether oxygens (including phenoxy) is 1. The molecule has 3 aromatic rings. The smallest absolute Gasteiger partial charge is 0.194 e. The minimum Gasteiger partial charge on any atom is -0.394 e. The molecule has 14 heteroatoms. The molecule has 9 nitrogen and oxygen atoms in total. The van der Waals surface area contributed by atoms with Gasteiger partial charge in [-0.2, -0.15) is 5.26 Å².